The van der Waals surface area contributed by atoms with Gasteiger partial charge in [0.2, 0.25) is 15.9 Å². The zero-order valence-corrected chi connectivity index (χ0v) is 15.6. The maximum absolute atomic E-state index is 12.7. The van der Waals surface area contributed by atoms with Crippen molar-refractivity contribution in [3.05, 3.63) is 53.6 Å². The summed E-state index contributed by atoms with van der Waals surface area (Å²) in [5, 5.41) is 2.98. The molecule has 0 spiro atoms. The lowest BCUT2D eigenvalue weighted by Gasteiger charge is -2.30. The van der Waals surface area contributed by atoms with E-state index in [1.165, 1.54) is 32.8 Å². The number of amides is 1. The molecule has 2 aliphatic rings. The van der Waals surface area contributed by atoms with E-state index < -0.39 is 10.0 Å². The van der Waals surface area contributed by atoms with Crippen LogP contribution >= 0.6 is 0 Å². The second-order valence-electron chi connectivity index (χ2n) is 7.16. The Kier molecular flexibility index (Phi) is 4.32. The fraction of sp³-hybridized carbons (Fsp3) is 0.350. The van der Waals surface area contributed by atoms with Crippen LogP contribution in [0.2, 0.25) is 0 Å². The van der Waals surface area contributed by atoms with Crippen molar-refractivity contribution in [2.75, 3.05) is 24.7 Å². The molecule has 1 aliphatic carbocycles. The van der Waals surface area contributed by atoms with E-state index in [-0.39, 0.29) is 18.4 Å². The molecule has 0 radical (unpaired) electrons. The summed E-state index contributed by atoms with van der Waals surface area (Å²) in [7, 11) is -3.25. The van der Waals surface area contributed by atoms with Gasteiger partial charge in [0, 0.05) is 18.8 Å². The molecule has 1 heterocycles. The number of anilines is 1. The van der Waals surface area contributed by atoms with Gasteiger partial charge in [0.25, 0.3) is 0 Å². The van der Waals surface area contributed by atoms with Gasteiger partial charge in [0.1, 0.15) is 0 Å². The number of nitrogens with zero attached hydrogens (tertiary/aromatic N) is 1. The number of rotatable bonds is 3. The van der Waals surface area contributed by atoms with Crippen LogP contribution in [0.5, 0.6) is 0 Å². The van der Waals surface area contributed by atoms with E-state index in [0.29, 0.717) is 19.4 Å². The van der Waals surface area contributed by atoms with Gasteiger partial charge in [-0.25, -0.2) is 12.7 Å². The largest absolute Gasteiger partial charge is 0.326 e. The minimum Gasteiger partial charge on any atom is -0.326 e. The molecule has 1 amide bonds. The molecule has 1 atom stereocenters. The van der Waals surface area contributed by atoms with Crippen LogP contribution in [-0.2, 0) is 21.2 Å². The highest BCUT2D eigenvalue weighted by molar-refractivity contribution is 7.88. The lowest BCUT2D eigenvalue weighted by Crippen LogP contribution is -2.43. The highest BCUT2D eigenvalue weighted by Crippen LogP contribution is 2.38. The van der Waals surface area contributed by atoms with Crippen LogP contribution in [-0.4, -0.2) is 38.0 Å². The summed E-state index contributed by atoms with van der Waals surface area (Å²) in [5.41, 5.74) is 5.73. The molecule has 26 heavy (non-hydrogen) atoms. The van der Waals surface area contributed by atoms with Crippen molar-refractivity contribution in [2.24, 2.45) is 5.92 Å². The normalized spacial score (nSPS) is 19.7. The molecule has 0 saturated carbocycles. The highest BCUT2D eigenvalue weighted by Gasteiger charge is 2.30. The van der Waals surface area contributed by atoms with E-state index in [0.717, 1.165) is 12.1 Å². The van der Waals surface area contributed by atoms with Crippen LogP contribution < -0.4 is 5.32 Å². The summed E-state index contributed by atoms with van der Waals surface area (Å²) in [5.74, 6) is -0.413. The Morgan fingerprint density at radius 3 is 2.69 bits per heavy atom. The van der Waals surface area contributed by atoms with Gasteiger partial charge < -0.3 is 5.32 Å². The number of piperidine rings is 1. The van der Waals surface area contributed by atoms with Crippen LogP contribution in [0.3, 0.4) is 0 Å². The number of benzene rings is 2. The van der Waals surface area contributed by atoms with Gasteiger partial charge in [-0.2, -0.15) is 0 Å². The van der Waals surface area contributed by atoms with Gasteiger partial charge in [0.15, 0.2) is 0 Å². The van der Waals surface area contributed by atoms with Crippen molar-refractivity contribution in [3.63, 3.8) is 0 Å². The summed E-state index contributed by atoms with van der Waals surface area (Å²) in [4.78, 5) is 12.7. The van der Waals surface area contributed by atoms with E-state index in [4.69, 9.17) is 0 Å². The minimum absolute atomic E-state index is 0.107. The first-order chi connectivity index (χ1) is 12.4. The van der Waals surface area contributed by atoms with E-state index in [1.807, 2.05) is 24.3 Å². The van der Waals surface area contributed by atoms with Crippen molar-refractivity contribution < 1.29 is 13.2 Å². The highest BCUT2D eigenvalue weighted by atomic mass is 32.2. The molecule has 1 fully saturated rings. The summed E-state index contributed by atoms with van der Waals surface area (Å²) in [6, 6.07) is 14.3. The molecular formula is C20H22N2O3S. The van der Waals surface area contributed by atoms with Crippen LogP contribution in [0.15, 0.2) is 42.5 Å². The number of hydrogen-bond donors (Lipinski definition) is 1. The second kappa shape index (κ2) is 6.52. The molecule has 0 bridgehead atoms. The number of carbonyl (C=O) groups is 1. The molecule has 2 aromatic carbocycles. The summed E-state index contributed by atoms with van der Waals surface area (Å²) < 4.78 is 24.9. The molecule has 2 aromatic rings. The number of nitrogens with one attached hydrogen (secondary N) is 1. The first-order valence-electron chi connectivity index (χ1n) is 8.89. The molecule has 1 N–H and O–H groups in total. The lowest BCUT2D eigenvalue weighted by molar-refractivity contribution is -0.120. The van der Waals surface area contributed by atoms with Gasteiger partial charge in [0.05, 0.1) is 12.2 Å². The minimum atomic E-state index is -3.25. The third-order valence-electron chi connectivity index (χ3n) is 5.29. The van der Waals surface area contributed by atoms with Crippen molar-refractivity contribution in [1.82, 2.24) is 4.31 Å². The summed E-state index contributed by atoms with van der Waals surface area (Å²) in [6.45, 7) is 0.761. The van der Waals surface area contributed by atoms with Crippen molar-refractivity contribution in [3.8, 4) is 11.1 Å². The Hall–Kier alpha value is -2.18. The topological polar surface area (TPSA) is 66.5 Å². The van der Waals surface area contributed by atoms with Gasteiger partial charge in [-0.15, -0.1) is 0 Å². The van der Waals surface area contributed by atoms with Gasteiger partial charge >= 0.3 is 0 Å². The quantitative estimate of drug-likeness (QED) is 0.771. The molecular weight excluding hydrogens is 348 g/mol. The molecule has 4 rings (SSSR count). The average Bonchev–Trinajstić information content (AvgIpc) is 2.99. The van der Waals surface area contributed by atoms with Crippen molar-refractivity contribution >= 4 is 21.6 Å². The number of fused-ring (bicyclic) bond motifs is 3. The summed E-state index contributed by atoms with van der Waals surface area (Å²) in [6.07, 6.45) is 3.55. The van der Waals surface area contributed by atoms with Crippen LogP contribution in [0.1, 0.15) is 24.0 Å². The third-order valence-corrected chi connectivity index (χ3v) is 6.56. The Bertz CT molecular complexity index is 969. The monoisotopic (exact) mass is 370 g/mol. The summed E-state index contributed by atoms with van der Waals surface area (Å²) >= 11 is 0. The van der Waals surface area contributed by atoms with Crippen LogP contribution in [0, 0.1) is 5.92 Å². The Balaban J connectivity index is 1.51. The molecule has 1 unspecified atom stereocenters. The van der Waals surface area contributed by atoms with Gasteiger partial charge in [-0.1, -0.05) is 30.3 Å². The number of hydrogen-bond acceptors (Lipinski definition) is 3. The predicted octanol–water partition coefficient (Wildman–Crippen LogP) is 2.87. The van der Waals surface area contributed by atoms with Crippen molar-refractivity contribution in [2.45, 2.75) is 19.3 Å². The van der Waals surface area contributed by atoms with E-state index in [2.05, 4.69) is 23.5 Å². The smallest absolute Gasteiger partial charge is 0.228 e. The Labute approximate surface area is 154 Å². The zero-order chi connectivity index (χ0) is 18.3. The average molecular weight is 370 g/mol. The Morgan fingerprint density at radius 2 is 1.88 bits per heavy atom. The van der Waals surface area contributed by atoms with Crippen LogP contribution in [0.4, 0.5) is 5.69 Å². The first-order valence-corrected chi connectivity index (χ1v) is 10.7. The maximum Gasteiger partial charge on any atom is 0.228 e. The lowest BCUT2D eigenvalue weighted by atomic mass is 9.98. The number of carbonyl (C=O) groups excluding carboxylic acids is 1. The fourth-order valence-electron chi connectivity index (χ4n) is 3.90. The second-order valence-corrected chi connectivity index (χ2v) is 9.14. The molecule has 1 saturated heterocycles. The van der Waals surface area contributed by atoms with E-state index >= 15 is 0 Å². The van der Waals surface area contributed by atoms with E-state index in [9.17, 15) is 13.2 Å². The van der Waals surface area contributed by atoms with Gasteiger partial charge in [-0.3, -0.25) is 4.79 Å². The third kappa shape index (κ3) is 3.27. The van der Waals surface area contributed by atoms with E-state index in [1.54, 1.807) is 0 Å². The molecule has 5 nitrogen and oxygen atoms in total. The zero-order valence-electron chi connectivity index (χ0n) is 14.7. The molecule has 136 valence electrons. The Morgan fingerprint density at radius 1 is 1.12 bits per heavy atom. The molecule has 6 heteroatoms. The maximum atomic E-state index is 12.7. The standard InChI is InChI=1S/C20H22N2O3S/c1-26(24,25)22-10-4-6-16(13-22)20(23)21-17-9-8-15-11-14-5-2-3-7-18(14)19(15)12-17/h2-3,5,7-9,12,16H,4,6,10-11,13H2,1H3,(H,21,23). The molecule has 1 aliphatic heterocycles. The van der Waals surface area contributed by atoms with Crippen molar-refractivity contribution in [1.29, 1.82) is 0 Å². The SMILES string of the molecule is CS(=O)(=O)N1CCCC(C(=O)Nc2ccc3c(c2)-c2ccccc2C3)C1. The predicted molar refractivity (Wildman–Crippen MR) is 102 cm³/mol. The number of sulfonamides is 1. The first kappa shape index (κ1) is 17.2. The van der Waals surface area contributed by atoms with Gasteiger partial charge in [-0.05, 0) is 53.6 Å². The molecule has 0 aromatic heterocycles. The fourth-order valence-corrected chi connectivity index (χ4v) is 4.81. The van der Waals surface area contributed by atoms with Crippen LogP contribution in [0.25, 0.3) is 11.1 Å².